The van der Waals surface area contributed by atoms with E-state index in [9.17, 15) is 0 Å². The molecule has 0 saturated carbocycles. The molecule has 2 N–H and O–H groups in total. The molecule has 5 rings (SSSR count). The molecule has 0 amide bonds. The molecule has 5 heterocycles. The number of nitrogens with zero attached hydrogens (tertiary/aromatic N) is 5. The number of aromatic nitrogens is 5. The molecule has 7 heteroatoms. The third-order valence-corrected chi connectivity index (χ3v) is 5.57. The maximum Gasteiger partial charge on any atom is 0.158 e. The third-order valence-electron chi connectivity index (χ3n) is 5.57. The van der Waals surface area contributed by atoms with Crippen LogP contribution in [0.4, 0.5) is 5.82 Å². The number of aryl methyl sites for hydroxylation is 1. The Morgan fingerprint density at radius 2 is 1.93 bits per heavy atom. The Hall–Kier alpha value is -2.93. The summed E-state index contributed by atoms with van der Waals surface area (Å²) in [6.07, 6.45) is 5.63. The summed E-state index contributed by atoms with van der Waals surface area (Å²) in [4.78, 5) is 15.1. The standard InChI is InChI=1S/C21H25N7/c1-13(2)19-16-9-18(27-6-4-22-5-7-27)23-10-17(16)26-20(19)15-8-14(3)21-24-12-25-28(21)11-15/h8-13,22,26H,4-7H2,1-3H3. The molecule has 4 aromatic heterocycles. The Kier molecular flexibility index (Phi) is 4.05. The number of anilines is 1. The van der Waals surface area contributed by atoms with E-state index in [1.165, 1.54) is 10.9 Å². The molecule has 1 aliphatic rings. The van der Waals surface area contributed by atoms with E-state index in [4.69, 9.17) is 4.98 Å². The molecule has 0 aliphatic carbocycles. The van der Waals surface area contributed by atoms with Gasteiger partial charge in [0.05, 0.1) is 17.4 Å². The highest BCUT2D eigenvalue weighted by Gasteiger charge is 2.20. The number of hydrogen-bond acceptors (Lipinski definition) is 5. The lowest BCUT2D eigenvalue weighted by Crippen LogP contribution is -2.43. The fraction of sp³-hybridized carbons (Fsp3) is 0.381. The lowest BCUT2D eigenvalue weighted by molar-refractivity contribution is 0.585. The van der Waals surface area contributed by atoms with Crippen LogP contribution in [0.2, 0.25) is 0 Å². The molecule has 28 heavy (non-hydrogen) atoms. The Bertz CT molecular complexity index is 1150. The number of rotatable bonds is 3. The summed E-state index contributed by atoms with van der Waals surface area (Å²) in [5.41, 5.74) is 6.68. The van der Waals surface area contributed by atoms with Crippen molar-refractivity contribution in [2.45, 2.75) is 26.7 Å². The van der Waals surface area contributed by atoms with Crippen molar-refractivity contribution in [1.82, 2.24) is 29.9 Å². The number of aromatic amines is 1. The Balaban J connectivity index is 1.68. The highest BCUT2D eigenvalue weighted by atomic mass is 15.3. The van der Waals surface area contributed by atoms with Crippen LogP contribution in [-0.4, -0.2) is 50.7 Å². The van der Waals surface area contributed by atoms with E-state index in [0.29, 0.717) is 5.92 Å². The normalized spacial score (nSPS) is 15.2. The van der Waals surface area contributed by atoms with E-state index in [1.54, 1.807) is 6.33 Å². The van der Waals surface area contributed by atoms with Crippen molar-refractivity contribution < 1.29 is 0 Å². The molecule has 4 aromatic rings. The molecular weight excluding hydrogens is 350 g/mol. The van der Waals surface area contributed by atoms with Crippen molar-refractivity contribution in [2.75, 3.05) is 31.1 Å². The summed E-state index contributed by atoms with van der Waals surface area (Å²) in [7, 11) is 0. The van der Waals surface area contributed by atoms with E-state index < -0.39 is 0 Å². The zero-order valence-corrected chi connectivity index (χ0v) is 16.5. The summed E-state index contributed by atoms with van der Waals surface area (Å²) < 4.78 is 1.85. The molecule has 1 fully saturated rings. The fourth-order valence-corrected chi connectivity index (χ4v) is 4.23. The van der Waals surface area contributed by atoms with Gasteiger partial charge in [-0.3, -0.25) is 0 Å². The number of nitrogens with one attached hydrogen (secondary N) is 2. The van der Waals surface area contributed by atoms with Crippen molar-refractivity contribution in [3.05, 3.63) is 42.0 Å². The van der Waals surface area contributed by atoms with Crippen LogP contribution in [0.1, 0.15) is 30.9 Å². The van der Waals surface area contributed by atoms with E-state index >= 15 is 0 Å². The molecule has 0 atom stereocenters. The Morgan fingerprint density at radius 1 is 1.11 bits per heavy atom. The first kappa shape index (κ1) is 17.2. The van der Waals surface area contributed by atoms with E-state index in [-0.39, 0.29) is 0 Å². The van der Waals surface area contributed by atoms with Crippen LogP contribution in [-0.2, 0) is 0 Å². The molecule has 0 unspecified atom stereocenters. The van der Waals surface area contributed by atoms with Gasteiger partial charge in [0.2, 0.25) is 0 Å². The maximum absolute atomic E-state index is 4.74. The summed E-state index contributed by atoms with van der Waals surface area (Å²) in [6.45, 7) is 10.6. The zero-order chi connectivity index (χ0) is 19.3. The maximum atomic E-state index is 4.74. The van der Waals surface area contributed by atoms with Gasteiger partial charge in [-0.25, -0.2) is 14.5 Å². The minimum absolute atomic E-state index is 0.383. The topological polar surface area (TPSA) is 74.1 Å². The SMILES string of the molecule is Cc1cc(-c2[nH]c3cnc(N4CCNCC4)cc3c2C(C)C)cn2ncnc12. The first-order valence-corrected chi connectivity index (χ1v) is 9.89. The largest absolute Gasteiger partial charge is 0.354 e. The van der Waals surface area contributed by atoms with Gasteiger partial charge in [-0.2, -0.15) is 5.10 Å². The highest BCUT2D eigenvalue weighted by Crippen LogP contribution is 2.37. The highest BCUT2D eigenvalue weighted by molar-refractivity contribution is 5.92. The average Bonchev–Trinajstić information content (AvgIpc) is 3.32. The number of piperazine rings is 1. The molecule has 0 radical (unpaired) electrons. The molecule has 144 valence electrons. The lowest BCUT2D eigenvalue weighted by atomic mass is 9.96. The second-order valence-corrected chi connectivity index (χ2v) is 7.83. The predicted octanol–water partition coefficient (Wildman–Crippen LogP) is 3.11. The van der Waals surface area contributed by atoms with Crippen LogP contribution in [0.25, 0.3) is 27.8 Å². The first-order chi connectivity index (χ1) is 13.6. The van der Waals surface area contributed by atoms with Crippen molar-refractivity contribution in [3.8, 4) is 11.3 Å². The first-order valence-electron chi connectivity index (χ1n) is 9.89. The van der Waals surface area contributed by atoms with Gasteiger partial charge < -0.3 is 15.2 Å². The van der Waals surface area contributed by atoms with Gasteiger partial charge in [-0.1, -0.05) is 13.8 Å². The second kappa shape index (κ2) is 6.60. The minimum Gasteiger partial charge on any atom is -0.354 e. The molecular formula is C21H25N7. The molecule has 0 spiro atoms. The van der Waals surface area contributed by atoms with E-state index in [1.807, 2.05) is 10.7 Å². The smallest absolute Gasteiger partial charge is 0.158 e. The van der Waals surface area contributed by atoms with Crippen molar-refractivity contribution in [2.24, 2.45) is 0 Å². The number of hydrogen-bond donors (Lipinski definition) is 2. The molecule has 0 aromatic carbocycles. The van der Waals surface area contributed by atoms with Gasteiger partial charge in [0.1, 0.15) is 12.1 Å². The Labute approximate surface area is 163 Å². The summed E-state index contributed by atoms with van der Waals surface area (Å²) >= 11 is 0. The lowest BCUT2D eigenvalue weighted by Gasteiger charge is -2.28. The van der Waals surface area contributed by atoms with Gasteiger partial charge in [0, 0.05) is 43.3 Å². The second-order valence-electron chi connectivity index (χ2n) is 7.83. The average molecular weight is 375 g/mol. The summed E-state index contributed by atoms with van der Waals surface area (Å²) in [6, 6.07) is 4.43. The van der Waals surface area contributed by atoms with Crippen LogP contribution in [0, 0.1) is 6.92 Å². The van der Waals surface area contributed by atoms with E-state index in [0.717, 1.165) is 60.0 Å². The summed E-state index contributed by atoms with van der Waals surface area (Å²) in [5, 5.41) is 9.00. The van der Waals surface area contributed by atoms with Crippen LogP contribution in [0.15, 0.2) is 30.9 Å². The molecule has 7 nitrogen and oxygen atoms in total. The fourth-order valence-electron chi connectivity index (χ4n) is 4.23. The monoisotopic (exact) mass is 375 g/mol. The van der Waals surface area contributed by atoms with Crippen molar-refractivity contribution >= 4 is 22.4 Å². The number of H-pyrrole nitrogens is 1. The minimum atomic E-state index is 0.383. The van der Waals surface area contributed by atoms with Gasteiger partial charge in [-0.05, 0) is 36.1 Å². The van der Waals surface area contributed by atoms with Gasteiger partial charge in [-0.15, -0.1) is 0 Å². The molecule has 0 bridgehead atoms. The van der Waals surface area contributed by atoms with Gasteiger partial charge in [0.15, 0.2) is 5.65 Å². The number of fused-ring (bicyclic) bond motifs is 2. The van der Waals surface area contributed by atoms with Crippen LogP contribution < -0.4 is 10.2 Å². The molecule has 1 aliphatic heterocycles. The quantitative estimate of drug-likeness (QED) is 0.576. The van der Waals surface area contributed by atoms with Crippen LogP contribution in [0.5, 0.6) is 0 Å². The van der Waals surface area contributed by atoms with Crippen LogP contribution >= 0.6 is 0 Å². The van der Waals surface area contributed by atoms with Crippen LogP contribution in [0.3, 0.4) is 0 Å². The van der Waals surface area contributed by atoms with Gasteiger partial charge >= 0.3 is 0 Å². The zero-order valence-electron chi connectivity index (χ0n) is 16.5. The number of pyridine rings is 2. The Morgan fingerprint density at radius 3 is 2.71 bits per heavy atom. The van der Waals surface area contributed by atoms with Gasteiger partial charge in [0.25, 0.3) is 0 Å². The van der Waals surface area contributed by atoms with Crippen molar-refractivity contribution in [1.29, 1.82) is 0 Å². The third kappa shape index (κ3) is 2.74. The predicted molar refractivity (Wildman–Crippen MR) is 112 cm³/mol. The van der Waals surface area contributed by atoms with Crippen molar-refractivity contribution in [3.63, 3.8) is 0 Å². The molecule has 1 saturated heterocycles. The van der Waals surface area contributed by atoms with E-state index in [2.05, 4.69) is 64.4 Å². The summed E-state index contributed by atoms with van der Waals surface area (Å²) in [5.74, 6) is 1.44.